The van der Waals surface area contributed by atoms with E-state index in [0.717, 1.165) is 48.3 Å². The van der Waals surface area contributed by atoms with Gasteiger partial charge in [0.2, 0.25) is 0 Å². The van der Waals surface area contributed by atoms with Gasteiger partial charge in [0.15, 0.2) is 6.29 Å². The van der Waals surface area contributed by atoms with Gasteiger partial charge in [0.05, 0.1) is 19.3 Å². The van der Waals surface area contributed by atoms with E-state index >= 15 is 0 Å². The topological polar surface area (TPSA) is 140 Å². The van der Waals surface area contributed by atoms with Gasteiger partial charge in [-0.3, -0.25) is 4.79 Å². The zero-order chi connectivity index (χ0) is 29.3. The number of fused-ring (bicyclic) bond motifs is 1. The molecule has 216 valence electrons. The molecule has 1 unspecified atom stereocenters. The van der Waals surface area contributed by atoms with Crippen molar-refractivity contribution < 1.29 is 29.6 Å². The van der Waals surface area contributed by atoms with Crippen LogP contribution in [0.25, 0.3) is 27.6 Å². The molecule has 2 fully saturated rings. The number of rotatable bonds is 6. The zero-order valence-corrected chi connectivity index (χ0v) is 23.4. The van der Waals surface area contributed by atoms with Gasteiger partial charge in [-0.2, -0.15) is 5.26 Å². The van der Waals surface area contributed by atoms with Gasteiger partial charge in [0.1, 0.15) is 29.9 Å². The molecule has 5 atom stereocenters. The van der Waals surface area contributed by atoms with Crippen molar-refractivity contribution in [1.29, 1.82) is 5.26 Å². The number of hydrogen-bond donors (Lipinski definition) is 4. The maximum absolute atomic E-state index is 13.1. The Kier molecular flexibility index (Phi) is 8.45. The Balaban J connectivity index is 1.38. The van der Waals surface area contributed by atoms with E-state index in [1.807, 2.05) is 29.8 Å². The number of allylic oxidation sites excluding steroid dienone is 1. The first-order valence-corrected chi connectivity index (χ1v) is 13.9. The number of morpholine rings is 1. The Morgan fingerprint density at radius 2 is 1.76 bits per heavy atom. The van der Waals surface area contributed by atoms with Gasteiger partial charge in [0, 0.05) is 37.2 Å². The summed E-state index contributed by atoms with van der Waals surface area (Å²) in [5, 5.41) is 45.7. The van der Waals surface area contributed by atoms with Crippen LogP contribution < -0.4 is 10.2 Å². The number of carbonyl (C=O) groups is 1. The van der Waals surface area contributed by atoms with Crippen molar-refractivity contribution in [2.24, 2.45) is 7.05 Å². The highest BCUT2D eigenvalue weighted by atomic mass is 16.6. The van der Waals surface area contributed by atoms with Crippen LogP contribution >= 0.6 is 0 Å². The third-order valence-electron chi connectivity index (χ3n) is 8.14. The van der Waals surface area contributed by atoms with Crippen LogP contribution in [-0.4, -0.2) is 82.7 Å². The summed E-state index contributed by atoms with van der Waals surface area (Å²) in [7, 11) is 1.87. The first-order chi connectivity index (χ1) is 19.7. The van der Waals surface area contributed by atoms with Gasteiger partial charge >= 0.3 is 0 Å². The molecule has 41 heavy (non-hydrogen) atoms. The van der Waals surface area contributed by atoms with E-state index in [4.69, 9.17) is 9.47 Å². The number of hydrogen-bond acceptors (Lipinski definition) is 8. The summed E-state index contributed by atoms with van der Waals surface area (Å²) in [4.78, 5) is 15.4. The van der Waals surface area contributed by atoms with Crippen molar-refractivity contribution in [3.05, 3.63) is 59.8 Å². The van der Waals surface area contributed by atoms with Crippen molar-refractivity contribution in [3.63, 3.8) is 0 Å². The highest BCUT2D eigenvalue weighted by Crippen LogP contribution is 2.31. The van der Waals surface area contributed by atoms with Crippen molar-refractivity contribution in [2.45, 2.75) is 50.9 Å². The number of carbonyl (C=O) groups excluding carboxylic acids is 1. The second-order valence-corrected chi connectivity index (χ2v) is 10.6. The van der Waals surface area contributed by atoms with Crippen LogP contribution in [0.1, 0.15) is 26.0 Å². The number of ether oxygens (including phenoxy) is 2. The molecule has 0 saturated carbocycles. The molecule has 10 nitrogen and oxygen atoms in total. The molecule has 2 saturated heterocycles. The SMILES string of the molecule is CC[C@H]1OC(O)[C@H](NC(=O)/C(C#N)=C(\C)c2ccc(-c3ccc4cc(N5CCOCC5)ccc4c3)n2C)[C@@H](O)[C@@H]1O. The molecule has 2 aliphatic rings. The zero-order valence-electron chi connectivity index (χ0n) is 23.4. The maximum atomic E-state index is 13.1. The molecule has 4 N–H and O–H groups in total. The van der Waals surface area contributed by atoms with Gasteiger partial charge in [-0.25, -0.2) is 0 Å². The second-order valence-electron chi connectivity index (χ2n) is 10.6. The lowest BCUT2D eigenvalue weighted by molar-refractivity contribution is -0.247. The minimum Gasteiger partial charge on any atom is -0.388 e. The summed E-state index contributed by atoms with van der Waals surface area (Å²) in [5.41, 5.74) is 4.02. The van der Waals surface area contributed by atoms with E-state index in [0.29, 0.717) is 17.7 Å². The molecule has 1 aromatic heterocycles. The fraction of sp³-hybridized carbons (Fsp3) is 0.419. The summed E-state index contributed by atoms with van der Waals surface area (Å²) in [6, 6.07) is 17.2. The number of nitrogens with zero attached hydrogens (tertiary/aromatic N) is 3. The van der Waals surface area contributed by atoms with E-state index in [2.05, 4.69) is 46.6 Å². The van der Waals surface area contributed by atoms with Crippen molar-refractivity contribution in [1.82, 2.24) is 9.88 Å². The van der Waals surface area contributed by atoms with Crippen LogP contribution in [0.3, 0.4) is 0 Å². The quantitative estimate of drug-likeness (QED) is 0.266. The molecule has 0 bridgehead atoms. The maximum Gasteiger partial charge on any atom is 0.262 e. The Morgan fingerprint density at radius 1 is 1.05 bits per heavy atom. The lowest BCUT2D eigenvalue weighted by Gasteiger charge is -2.40. The average molecular weight is 561 g/mol. The molecule has 3 heterocycles. The average Bonchev–Trinajstić information content (AvgIpc) is 3.38. The minimum absolute atomic E-state index is 0.168. The Bertz CT molecular complexity index is 1500. The van der Waals surface area contributed by atoms with E-state index in [1.165, 1.54) is 5.69 Å². The summed E-state index contributed by atoms with van der Waals surface area (Å²) < 4.78 is 12.7. The second kappa shape index (κ2) is 12.0. The standard InChI is InChI=1S/C31H36N4O6/c1-4-26-28(36)29(37)27(31(39)41-26)33-30(38)23(17-32)18(2)24-9-10-25(34(24)3)21-6-5-20-16-22(8-7-19(20)15-21)35-11-13-40-14-12-35/h5-10,15-16,26-29,31,36-37,39H,4,11-14H2,1-3H3,(H,33,38)/b23-18+/t26-,27-,28-,29-,31?/m1/s1. The largest absolute Gasteiger partial charge is 0.388 e. The van der Waals surface area contributed by atoms with Crippen molar-refractivity contribution in [2.75, 3.05) is 31.2 Å². The number of aromatic nitrogens is 1. The molecule has 2 aliphatic heterocycles. The number of aliphatic hydroxyl groups is 3. The normalized spacial score (nSPS) is 25.5. The third-order valence-corrected chi connectivity index (χ3v) is 8.14. The lowest BCUT2D eigenvalue weighted by atomic mass is 9.95. The molecule has 2 aromatic carbocycles. The number of amides is 1. The van der Waals surface area contributed by atoms with Gasteiger partial charge < -0.3 is 39.6 Å². The van der Waals surface area contributed by atoms with Crippen molar-refractivity contribution in [3.8, 4) is 17.3 Å². The Labute approximate surface area is 239 Å². The third kappa shape index (κ3) is 5.60. The Hall–Kier alpha value is -3.72. The van der Waals surface area contributed by atoms with Gasteiger partial charge in [-0.15, -0.1) is 0 Å². The van der Waals surface area contributed by atoms with Crippen LogP contribution in [0.4, 0.5) is 5.69 Å². The lowest BCUT2D eigenvalue weighted by Crippen LogP contribution is -2.63. The summed E-state index contributed by atoms with van der Waals surface area (Å²) in [6.07, 6.45) is -4.65. The minimum atomic E-state index is -1.53. The number of nitriles is 1. The number of benzene rings is 2. The van der Waals surface area contributed by atoms with Gasteiger partial charge in [0.25, 0.3) is 5.91 Å². The fourth-order valence-electron chi connectivity index (χ4n) is 5.68. The molecule has 0 aliphatic carbocycles. The van der Waals surface area contributed by atoms with Crippen molar-refractivity contribution >= 4 is 27.9 Å². The van der Waals surface area contributed by atoms with Crippen LogP contribution in [-0.2, 0) is 21.3 Å². The molecule has 0 radical (unpaired) electrons. The Morgan fingerprint density at radius 3 is 2.46 bits per heavy atom. The fourth-order valence-corrected chi connectivity index (χ4v) is 5.68. The van der Waals surface area contributed by atoms with Crippen LogP contribution in [0.5, 0.6) is 0 Å². The monoisotopic (exact) mass is 560 g/mol. The van der Waals surface area contributed by atoms with Crippen LogP contribution in [0, 0.1) is 11.3 Å². The molecule has 3 aromatic rings. The number of nitrogens with one attached hydrogen (secondary N) is 1. The summed E-state index contributed by atoms with van der Waals surface area (Å²) in [6.45, 7) is 6.65. The summed E-state index contributed by atoms with van der Waals surface area (Å²) >= 11 is 0. The molecular weight excluding hydrogens is 524 g/mol. The molecule has 0 spiro atoms. The highest BCUT2D eigenvalue weighted by molar-refractivity contribution is 6.04. The van der Waals surface area contributed by atoms with E-state index in [-0.39, 0.29) is 5.57 Å². The molecule has 1 amide bonds. The first-order valence-electron chi connectivity index (χ1n) is 13.9. The smallest absolute Gasteiger partial charge is 0.262 e. The van der Waals surface area contributed by atoms with Gasteiger partial charge in [-0.1, -0.05) is 25.1 Å². The molecule has 5 rings (SSSR count). The summed E-state index contributed by atoms with van der Waals surface area (Å²) in [5.74, 6) is -0.775. The predicted octanol–water partition coefficient (Wildman–Crippen LogP) is 2.31. The van der Waals surface area contributed by atoms with E-state index in [9.17, 15) is 25.4 Å². The predicted molar refractivity (Wildman–Crippen MR) is 155 cm³/mol. The number of anilines is 1. The van der Waals surface area contributed by atoms with Crippen LogP contribution in [0.15, 0.2) is 54.1 Å². The van der Waals surface area contributed by atoms with Gasteiger partial charge in [-0.05, 0) is 65.6 Å². The highest BCUT2D eigenvalue weighted by Gasteiger charge is 2.44. The molecular formula is C31H36N4O6. The van der Waals surface area contributed by atoms with E-state index in [1.54, 1.807) is 13.8 Å². The van der Waals surface area contributed by atoms with Crippen LogP contribution in [0.2, 0.25) is 0 Å². The van der Waals surface area contributed by atoms with E-state index < -0.39 is 36.6 Å². The first kappa shape index (κ1) is 28.8. The molecule has 10 heteroatoms. The number of aliphatic hydroxyl groups excluding tert-OH is 3.